The van der Waals surface area contributed by atoms with E-state index in [0.29, 0.717) is 15.7 Å². The van der Waals surface area contributed by atoms with Gasteiger partial charge < -0.3 is 9.88 Å². The highest BCUT2D eigenvalue weighted by Gasteiger charge is 2.18. The number of rotatable bonds is 4. The van der Waals surface area contributed by atoms with Gasteiger partial charge >= 0.3 is 0 Å². The van der Waals surface area contributed by atoms with Gasteiger partial charge in [0, 0.05) is 13.0 Å². The number of carbonyl (C=O) groups excluding carboxylic acids is 1. The van der Waals surface area contributed by atoms with Crippen molar-refractivity contribution in [3.63, 3.8) is 0 Å². The molecule has 0 atom stereocenters. The van der Waals surface area contributed by atoms with E-state index in [-0.39, 0.29) is 24.4 Å². The number of likely N-dealkylation sites (N-methyl/N-ethyl adjacent to an activating group) is 1. The van der Waals surface area contributed by atoms with Crippen LogP contribution in [0.25, 0.3) is 10.9 Å². The van der Waals surface area contributed by atoms with E-state index in [0.717, 1.165) is 26.2 Å². The predicted molar refractivity (Wildman–Crippen MR) is 94.3 cm³/mol. The van der Waals surface area contributed by atoms with Gasteiger partial charge in [0.05, 0.1) is 44.1 Å². The number of piperazine rings is 1. The molecular formula is C16H22N5O2S+. The molecule has 1 fully saturated rings. The average Bonchev–Trinajstić information content (AvgIpc) is 2.57. The Bertz CT molecular complexity index is 851. The molecule has 2 heterocycles. The zero-order valence-electron chi connectivity index (χ0n) is 13.7. The van der Waals surface area contributed by atoms with Crippen molar-refractivity contribution in [2.45, 2.75) is 13.0 Å². The van der Waals surface area contributed by atoms with Crippen molar-refractivity contribution in [3.8, 4) is 0 Å². The van der Waals surface area contributed by atoms with E-state index in [1.807, 2.05) is 23.2 Å². The van der Waals surface area contributed by atoms with E-state index in [4.69, 9.17) is 12.2 Å². The third-order valence-electron chi connectivity index (χ3n) is 4.35. The minimum absolute atomic E-state index is 0.0935. The molecule has 0 spiro atoms. The third-order valence-corrected chi connectivity index (χ3v) is 4.67. The lowest BCUT2D eigenvalue weighted by atomic mass is 10.2. The van der Waals surface area contributed by atoms with Crippen LogP contribution in [0.4, 0.5) is 0 Å². The smallest absolute Gasteiger partial charge is 0.262 e. The monoisotopic (exact) mass is 348 g/mol. The molecule has 1 aliphatic rings. The van der Waals surface area contributed by atoms with Crippen LogP contribution in [0.2, 0.25) is 0 Å². The molecule has 0 aliphatic carbocycles. The Kier molecular flexibility index (Phi) is 5.08. The summed E-state index contributed by atoms with van der Waals surface area (Å²) in [7, 11) is 2.15. The van der Waals surface area contributed by atoms with E-state index < -0.39 is 0 Å². The number of hydrogen-bond donors (Lipinski definition) is 3. The standard InChI is InChI=1S/C16H21N5O2S/c1-19-8-10-20(11-9-19)18-14(22)6-7-21-15(23)12-4-2-3-5-13(12)17-16(21)24/h2-5H,6-11H2,1H3,(H,17,24)(H,18,22)/p+1. The number of para-hydroxylation sites is 1. The molecular weight excluding hydrogens is 326 g/mol. The van der Waals surface area contributed by atoms with Crippen LogP contribution in [0.3, 0.4) is 0 Å². The summed E-state index contributed by atoms with van der Waals surface area (Å²) < 4.78 is 1.79. The first-order valence-electron chi connectivity index (χ1n) is 8.12. The van der Waals surface area contributed by atoms with Crippen LogP contribution in [0.5, 0.6) is 0 Å². The van der Waals surface area contributed by atoms with Crippen LogP contribution in [-0.4, -0.2) is 53.7 Å². The van der Waals surface area contributed by atoms with Crippen molar-refractivity contribution < 1.29 is 9.69 Å². The molecule has 3 N–H and O–H groups in total. The van der Waals surface area contributed by atoms with Crippen LogP contribution in [-0.2, 0) is 11.3 Å². The van der Waals surface area contributed by atoms with Gasteiger partial charge in [0.2, 0.25) is 5.91 Å². The quantitative estimate of drug-likeness (QED) is 0.640. The molecule has 24 heavy (non-hydrogen) atoms. The zero-order valence-corrected chi connectivity index (χ0v) is 14.5. The largest absolute Gasteiger partial charge is 0.335 e. The molecule has 7 nitrogen and oxygen atoms in total. The molecule has 1 aromatic heterocycles. The van der Waals surface area contributed by atoms with Gasteiger partial charge in [0.1, 0.15) is 0 Å². The van der Waals surface area contributed by atoms with Crippen LogP contribution < -0.4 is 15.9 Å². The molecule has 3 rings (SSSR count). The van der Waals surface area contributed by atoms with Crippen LogP contribution in [0, 0.1) is 4.77 Å². The van der Waals surface area contributed by atoms with Gasteiger partial charge in [0.15, 0.2) is 4.77 Å². The van der Waals surface area contributed by atoms with Crippen molar-refractivity contribution in [2.75, 3.05) is 33.2 Å². The number of quaternary nitrogens is 1. The second-order valence-electron chi connectivity index (χ2n) is 6.16. The number of aromatic nitrogens is 2. The van der Waals surface area contributed by atoms with Crippen molar-refractivity contribution in [1.82, 2.24) is 20.0 Å². The summed E-state index contributed by atoms with van der Waals surface area (Å²) in [5.41, 5.74) is 3.46. The second kappa shape index (κ2) is 7.25. The molecule has 0 saturated carbocycles. The average molecular weight is 348 g/mol. The van der Waals surface area contributed by atoms with Gasteiger partial charge in [0.25, 0.3) is 5.56 Å². The summed E-state index contributed by atoms with van der Waals surface area (Å²) in [4.78, 5) is 29.2. The molecule has 1 aromatic carbocycles. The van der Waals surface area contributed by atoms with E-state index in [2.05, 4.69) is 17.5 Å². The predicted octanol–water partition coefficient (Wildman–Crippen LogP) is -0.689. The summed E-state index contributed by atoms with van der Waals surface area (Å²) in [6.45, 7) is 3.97. The Morgan fingerprint density at radius 3 is 2.79 bits per heavy atom. The molecule has 8 heteroatoms. The van der Waals surface area contributed by atoms with Crippen LogP contribution in [0.15, 0.2) is 29.1 Å². The van der Waals surface area contributed by atoms with Crippen molar-refractivity contribution in [2.24, 2.45) is 0 Å². The summed E-state index contributed by atoms with van der Waals surface area (Å²) in [5, 5.41) is 2.52. The number of aromatic amines is 1. The van der Waals surface area contributed by atoms with E-state index in [1.165, 1.54) is 9.47 Å². The summed E-state index contributed by atoms with van der Waals surface area (Å²) in [5.74, 6) is -0.0935. The van der Waals surface area contributed by atoms with Gasteiger partial charge in [-0.25, -0.2) is 5.01 Å². The first-order valence-corrected chi connectivity index (χ1v) is 8.53. The lowest BCUT2D eigenvalue weighted by Crippen LogP contribution is -3.12. The van der Waals surface area contributed by atoms with Crippen molar-refractivity contribution >= 4 is 29.0 Å². The Hall–Kier alpha value is -2.03. The highest BCUT2D eigenvalue weighted by atomic mass is 32.1. The van der Waals surface area contributed by atoms with Gasteiger partial charge in [-0.1, -0.05) is 12.1 Å². The molecule has 0 bridgehead atoms. The summed E-state index contributed by atoms with van der Waals surface area (Å²) in [6, 6.07) is 7.24. The lowest BCUT2D eigenvalue weighted by Gasteiger charge is -2.30. The Morgan fingerprint density at radius 1 is 1.33 bits per heavy atom. The number of H-pyrrole nitrogens is 1. The van der Waals surface area contributed by atoms with E-state index in [1.54, 1.807) is 6.07 Å². The molecule has 0 unspecified atom stereocenters. The second-order valence-corrected chi connectivity index (χ2v) is 6.55. The normalized spacial score (nSPS) is 16.4. The summed E-state index contributed by atoms with van der Waals surface area (Å²) >= 11 is 5.26. The van der Waals surface area contributed by atoms with Gasteiger partial charge in [-0.15, -0.1) is 0 Å². The fourth-order valence-electron chi connectivity index (χ4n) is 2.85. The number of hydrogen-bond acceptors (Lipinski definition) is 4. The Balaban J connectivity index is 1.66. The SMILES string of the molecule is C[NH+]1CCN(NC(=O)CCn2c(=S)[nH]c3ccccc3c2=O)CC1. The number of benzene rings is 1. The van der Waals surface area contributed by atoms with Gasteiger partial charge in [-0.3, -0.25) is 19.6 Å². The van der Waals surface area contributed by atoms with E-state index in [9.17, 15) is 9.59 Å². The fourth-order valence-corrected chi connectivity index (χ4v) is 3.13. The minimum Gasteiger partial charge on any atom is -0.335 e. The molecule has 1 aliphatic heterocycles. The number of amides is 1. The number of nitrogens with zero attached hydrogens (tertiary/aromatic N) is 2. The Morgan fingerprint density at radius 2 is 2.04 bits per heavy atom. The molecule has 1 amide bonds. The highest BCUT2D eigenvalue weighted by molar-refractivity contribution is 7.71. The molecule has 1 saturated heterocycles. The van der Waals surface area contributed by atoms with Gasteiger partial charge in [-0.2, -0.15) is 0 Å². The highest BCUT2D eigenvalue weighted by Crippen LogP contribution is 2.06. The number of hydrazine groups is 1. The van der Waals surface area contributed by atoms with Crippen molar-refractivity contribution in [3.05, 3.63) is 39.4 Å². The Labute approximate surface area is 144 Å². The maximum absolute atomic E-state index is 12.5. The fraction of sp³-hybridized carbons (Fsp3) is 0.438. The lowest BCUT2D eigenvalue weighted by molar-refractivity contribution is -0.884. The number of nitrogens with one attached hydrogen (secondary N) is 3. The minimum atomic E-state index is -0.162. The first kappa shape index (κ1) is 16.8. The summed E-state index contributed by atoms with van der Waals surface area (Å²) in [6.07, 6.45) is 0.217. The molecule has 128 valence electrons. The zero-order chi connectivity index (χ0) is 17.1. The van der Waals surface area contributed by atoms with Crippen LogP contribution in [0.1, 0.15) is 6.42 Å². The van der Waals surface area contributed by atoms with E-state index >= 15 is 0 Å². The number of fused-ring (bicyclic) bond motifs is 1. The van der Waals surface area contributed by atoms with Crippen molar-refractivity contribution in [1.29, 1.82) is 0 Å². The molecule has 2 aromatic rings. The topological polar surface area (TPSA) is 74.6 Å². The first-order chi connectivity index (χ1) is 11.5. The molecule has 0 radical (unpaired) electrons. The van der Waals surface area contributed by atoms with Gasteiger partial charge in [-0.05, 0) is 24.4 Å². The third kappa shape index (κ3) is 3.72. The number of carbonyl (C=O) groups is 1. The maximum Gasteiger partial charge on any atom is 0.262 e. The maximum atomic E-state index is 12.5. The van der Waals surface area contributed by atoms with Crippen LogP contribution >= 0.6 is 12.2 Å².